The molecule has 0 amide bonds. The third kappa shape index (κ3) is 3.74. The van der Waals surface area contributed by atoms with Gasteiger partial charge in [0, 0.05) is 20.0 Å². The van der Waals surface area contributed by atoms with Crippen molar-refractivity contribution in [1.82, 2.24) is 15.1 Å². The first-order chi connectivity index (χ1) is 13.1. The van der Waals surface area contributed by atoms with Crippen LogP contribution in [0.3, 0.4) is 0 Å². The second-order valence-corrected chi connectivity index (χ2v) is 7.19. The SMILES string of the molecule is Cc1nnc([C@@H]2Cc3ccccc3CN2CCOc2c(C)cccc2C)o1. The lowest BCUT2D eigenvalue weighted by atomic mass is 9.94. The third-order valence-electron chi connectivity index (χ3n) is 5.21. The first kappa shape index (κ1) is 17.7. The first-order valence-electron chi connectivity index (χ1n) is 9.41. The van der Waals surface area contributed by atoms with E-state index in [1.165, 1.54) is 22.3 Å². The highest BCUT2D eigenvalue weighted by Gasteiger charge is 2.31. The predicted octanol–water partition coefficient (Wildman–Crippen LogP) is 4.17. The molecule has 5 nitrogen and oxygen atoms in total. The van der Waals surface area contributed by atoms with Crippen molar-refractivity contribution in [2.24, 2.45) is 0 Å². The zero-order chi connectivity index (χ0) is 18.8. The summed E-state index contributed by atoms with van der Waals surface area (Å²) in [4.78, 5) is 2.38. The van der Waals surface area contributed by atoms with Gasteiger partial charge in [-0.15, -0.1) is 10.2 Å². The van der Waals surface area contributed by atoms with Crippen molar-refractivity contribution in [3.63, 3.8) is 0 Å². The fraction of sp³-hybridized carbons (Fsp3) is 0.364. The minimum atomic E-state index is 0.0858. The quantitative estimate of drug-likeness (QED) is 0.681. The van der Waals surface area contributed by atoms with E-state index in [9.17, 15) is 0 Å². The molecular formula is C22H25N3O2. The molecule has 2 heterocycles. The summed E-state index contributed by atoms with van der Waals surface area (Å²) in [5, 5.41) is 8.32. The standard InChI is InChI=1S/C22H25N3O2/c1-15-7-6-8-16(2)21(15)26-12-11-25-14-19-10-5-4-9-18(19)13-20(25)22-24-23-17(3)27-22/h4-10,20H,11-14H2,1-3H3/t20-/m0/s1. The molecule has 0 N–H and O–H groups in total. The molecule has 27 heavy (non-hydrogen) atoms. The molecule has 0 radical (unpaired) electrons. The maximum absolute atomic E-state index is 6.14. The number of aryl methyl sites for hydroxylation is 3. The van der Waals surface area contributed by atoms with Crippen LogP contribution in [0.2, 0.25) is 0 Å². The number of rotatable bonds is 5. The van der Waals surface area contributed by atoms with E-state index in [1.807, 2.05) is 6.92 Å². The Hall–Kier alpha value is -2.66. The van der Waals surface area contributed by atoms with Crippen LogP contribution in [0.4, 0.5) is 0 Å². The first-order valence-corrected chi connectivity index (χ1v) is 9.41. The molecule has 0 aliphatic carbocycles. The largest absolute Gasteiger partial charge is 0.492 e. The van der Waals surface area contributed by atoms with E-state index in [1.54, 1.807) is 0 Å². The van der Waals surface area contributed by atoms with Crippen LogP contribution in [0.1, 0.15) is 40.1 Å². The topological polar surface area (TPSA) is 51.4 Å². The molecule has 140 valence electrons. The minimum absolute atomic E-state index is 0.0858. The maximum atomic E-state index is 6.14. The molecule has 0 fully saturated rings. The van der Waals surface area contributed by atoms with Gasteiger partial charge in [-0.25, -0.2) is 0 Å². The zero-order valence-corrected chi connectivity index (χ0v) is 16.1. The van der Waals surface area contributed by atoms with Crippen molar-refractivity contribution in [2.75, 3.05) is 13.2 Å². The van der Waals surface area contributed by atoms with Crippen molar-refractivity contribution in [1.29, 1.82) is 0 Å². The molecule has 5 heteroatoms. The van der Waals surface area contributed by atoms with Crippen molar-refractivity contribution in [3.8, 4) is 5.75 Å². The Labute approximate surface area is 160 Å². The van der Waals surface area contributed by atoms with E-state index >= 15 is 0 Å². The molecule has 1 aliphatic heterocycles. The molecular weight excluding hydrogens is 338 g/mol. The summed E-state index contributed by atoms with van der Waals surface area (Å²) < 4.78 is 11.9. The van der Waals surface area contributed by atoms with Crippen molar-refractivity contribution in [3.05, 3.63) is 76.5 Å². The Balaban J connectivity index is 1.52. The Morgan fingerprint density at radius 1 is 1.00 bits per heavy atom. The van der Waals surface area contributed by atoms with Gasteiger partial charge in [0.05, 0.1) is 6.04 Å². The van der Waals surface area contributed by atoms with E-state index < -0.39 is 0 Å². The lowest BCUT2D eigenvalue weighted by Crippen LogP contribution is -2.37. The molecule has 1 aliphatic rings. The fourth-order valence-electron chi connectivity index (χ4n) is 3.79. The monoisotopic (exact) mass is 363 g/mol. The van der Waals surface area contributed by atoms with Gasteiger partial charge in [-0.1, -0.05) is 42.5 Å². The lowest BCUT2D eigenvalue weighted by Gasteiger charge is -2.34. The van der Waals surface area contributed by atoms with Crippen LogP contribution in [0.5, 0.6) is 5.75 Å². The number of hydrogen-bond donors (Lipinski definition) is 0. The van der Waals surface area contributed by atoms with Crippen LogP contribution in [0.25, 0.3) is 0 Å². The van der Waals surface area contributed by atoms with Crippen LogP contribution in [0, 0.1) is 20.8 Å². The second-order valence-electron chi connectivity index (χ2n) is 7.19. The highest BCUT2D eigenvalue weighted by molar-refractivity contribution is 5.39. The molecule has 0 saturated heterocycles. The van der Waals surface area contributed by atoms with Gasteiger partial charge in [-0.3, -0.25) is 4.90 Å². The number of hydrogen-bond acceptors (Lipinski definition) is 5. The van der Waals surface area contributed by atoms with Gasteiger partial charge in [-0.05, 0) is 42.5 Å². The fourth-order valence-corrected chi connectivity index (χ4v) is 3.79. The molecule has 1 atom stereocenters. The summed E-state index contributed by atoms with van der Waals surface area (Å²) in [5.74, 6) is 2.28. The Kier molecular flexibility index (Phi) is 4.94. The molecule has 3 aromatic rings. The number of para-hydroxylation sites is 1. The number of fused-ring (bicyclic) bond motifs is 1. The van der Waals surface area contributed by atoms with Gasteiger partial charge in [0.1, 0.15) is 12.4 Å². The van der Waals surface area contributed by atoms with Crippen molar-refractivity contribution < 1.29 is 9.15 Å². The van der Waals surface area contributed by atoms with Crippen molar-refractivity contribution in [2.45, 2.75) is 39.8 Å². The van der Waals surface area contributed by atoms with E-state index in [4.69, 9.17) is 9.15 Å². The minimum Gasteiger partial charge on any atom is -0.492 e. The summed E-state index contributed by atoms with van der Waals surface area (Å²) in [6.07, 6.45) is 0.876. The highest BCUT2D eigenvalue weighted by atomic mass is 16.5. The van der Waals surface area contributed by atoms with Crippen LogP contribution >= 0.6 is 0 Å². The molecule has 0 saturated carbocycles. The van der Waals surface area contributed by atoms with Crippen LogP contribution in [-0.4, -0.2) is 28.2 Å². The Morgan fingerprint density at radius 3 is 2.44 bits per heavy atom. The van der Waals surface area contributed by atoms with Crippen LogP contribution < -0.4 is 4.74 Å². The van der Waals surface area contributed by atoms with Gasteiger partial charge in [0.25, 0.3) is 0 Å². The molecule has 2 aromatic carbocycles. The Bertz CT molecular complexity index is 915. The smallest absolute Gasteiger partial charge is 0.233 e. The second kappa shape index (κ2) is 7.53. The molecule has 1 aromatic heterocycles. The molecule has 0 bridgehead atoms. The molecule has 0 spiro atoms. The maximum Gasteiger partial charge on any atom is 0.233 e. The normalized spacial score (nSPS) is 16.9. The van der Waals surface area contributed by atoms with E-state index in [-0.39, 0.29) is 6.04 Å². The number of nitrogens with zero attached hydrogens (tertiary/aromatic N) is 3. The summed E-state index contributed by atoms with van der Waals surface area (Å²) >= 11 is 0. The predicted molar refractivity (Wildman–Crippen MR) is 104 cm³/mol. The van der Waals surface area contributed by atoms with Crippen molar-refractivity contribution >= 4 is 0 Å². The summed E-state index contributed by atoms with van der Waals surface area (Å²) in [6.45, 7) is 8.29. The number of ether oxygens (including phenoxy) is 1. The summed E-state index contributed by atoms with van der Waals surface area (Å²) in [5.41, 5.74) is 5.05. The van der Waals surface area contributed by atoms with Gasteiger partial charge in [-0.2, -0.15) is 0 Å². The summed E-state index contributed by atoms with van der Waals surface area (Å²) in [6, 6.07) is 14.9. The van der Waals surface area contributed by atoms with Crippen LogP contribution in [0.15, 0.2) is 46.9 Å². The number of benzene rings is 2. The Morgan fingerprint density at radius 2 is 1.74 bits per heavy atom. The van der Waals surface area contributed by atoms with E-state index in [0.29, 0.717) is 18.4 Å². The molecule has 0 unspecified atom stereocenters. The van der Waals surface area contributed by atoms with Gasteiger partial charge < -0.3 is 9.15 Å². The van der Waals surface area contributed by atoms with Crippen LogP contribution in [-0.2, 0) is 13.0 Å². The third-order valence-corrected chi connectivity index (χ3v) is 5.21. The van der Waals surface area contributed by atoms with Gasteiger partial charge in [0.2, 0.25) is 11.8 Å². The van der Waals surface area contributed by atoms with E-state index in [2.05, 4.69) is 71.4 Å². The van der Waals surface area contributed by atoms with E-state index in [0.717, 1.165) is 25.3 Å². The average molecular weight is 363 g/mol. The average Bonchev–Trinajstić information content (AvgIpc) is 3.09. The lowest BCUT2D eigenvalue weighted by molar-refractivity contribution is 0.120. The van der Waals surface area contributed by atoms with Gasteiger partial charge in [0.15, 0.2) is 0 Å². The van der Waals surface area contributed by atoms with Gasteiger partial charge >= 0.3 is 0 Å². The highest BCUT2D eigenvalue weighted by Crippen LogP contribution is 2.32. The zero-order valence-electron chi connectivity index (χ0n) is 16.1. The summed E-state index contributed by atoms with van der Waals surface area (Å²) in [7, 11) is 0. The number of aromatic nitrogens is 2. The molecule has 4 rings (SSSR count).